The van der Waals surface area contributed by atoms with Gasteiger partial charge in [-0.1, -0.05) is 33.4 Å². The lowest BCUT2D eigenvalue weighted by Gasteiger charge is -2.39. The lowest BCUT2D eigenvalue weighted by molar-refractivity contribution is -0.144. The third-order valence-corrected chi connectivity index (χ3v) is 9.11. The highest BCUT2D eigenvalue weighted by atomic mass is 28.4. The maximum atomic E-state index is 12.5. The number of hydrogen-bond donors (Lipinski definition) is 0. The molecule has 6 heteroatoms. The molecular weight excluding hydrogens is 348 g/mol. The lowest BCUT2D eigenvalue weighted by Crippen LogP contribution is -2.45. The smallest absolute Gasteiger partial charge is 0.330 e. The Morgan fingerprint density at radius 2 is 1.58 bits per heavy atom. The van der Waals surface area contributed by atoms with Gasteiger partial charge in [-0.2, -0.15) is 0 Å². The Morgan fingerprint density at radius 1 is 1.04 bits per heavy atom. The van der Waals surface area contributed by atoms with E-state index in [1.165, 1.54) is 6.92 Å². The van der Waals surface area contributed by atoms with Gasteiger partial charge < -0.3 is 9.16 Å². The molecule has 148 valence electrons. The summed E-state index contributed by atoms with van der Waals surface area (Å²) in [6.45, 7) is 19.0. The third-order valence-electron chi connectivity index (χ3n) is 4.57. The number of ether oxygens (including phenoxy) is 1. The molecule has 0 unspecified atom stereocenters. The van der Waals surface area contributed by atoms with Gasteiger partial charge >= 0.3 is 5.97 Å². The van der Waals surface area contributed by atoms with E-state index in [0.717, 1.165) is 6.08 Å². The molecule has 0 bridgehead atoms. The molecule has 0 aromatic rings. The van der Waals surface area contributed by atoms with Crippen LogP contribution in [0.4, 0.5) is 0 Å². The van der Waals surface area contributed by atoms with Gasteiger partial charge in [0.05, 0.1) is 6.10 Å². The number of Topliss-reactive ketones (excluding diaryl/α,β-unsaturated/α-hetero) is 2. The van der Waals surface area contributed by atoms with Crippen LogP contribution in [0, 0.1) is 0 Å². The highest BCUT2D eigenvalue weighted by Crippen LogP contribution is 2.38. The Balaban J connectivity index is 5.05. The molecule has 0 rings (SSSR count). The first-order valence-electron chi connectivity index (χ1n) is 8.95. The molecule has 0 radical (unpaired) electrons. The standard InChI is InChI=1S/C20H34O5Si/c1-9-11-17(24-19(23)10-2)13-16(22)14-18(12-15(3)21)25-26(7,8)20(4,5)6/h9-10,17-18H,1-2,11-14H2,3-8H3/t17-,18+/m1/s1. The van der Waals surface area contributed by atoms with Crippen molar-refractivity contribution in [2.75, 3.05) is 0 Å². The molecule has 2 atom stereocenters. The van der Waals surface area contributed by atoms with Crippen LogP contribution in [0.15, 0.2) is 25.3 Å². The minimum atomic E-state index is -2.11. The molecule has 5 nitrogen and oxygen atoms in total. The second-order valence-electron chi connectivity index (χ2n) is 8.14. The van der Waals surface area contributed by atoms with Gasteiger partial charge in [0.2, 0.25) is 0 Å². The fraction of sp³-hybridized carbons (Fsp3) is 0.650. The number of hydrogen-bond acceptors (Lipinski definition) is 5. The average Bonchev–Trinajstić information content (AvgIpc) is 2.44. The summed E-state index contributed by atoms with van der Waals surface area (Å²) in [4.78, 5) is 35.5. The van der Waals surface area contributed by atoms with E-state index in [1.54, 1.807) is 6.08 Å². The Kier molecular flexibility index (Phi) is 9.95. The SMILES string of the molecule is C=CC[C@H](CC(=O)C[C@H](CC(C)=O)O[Si](C)(C)C(C)(C)C)OC(=O)C=C. The Labute approximate surface area is 159 Å². The van der Waals surface area contributed by atoms with Crippen LogP contribution in [-0.2, 0) is 23.5 Å². The second-order valence-corrected chi connectivity index (χ2v) is 12.9. The first-order chi connectivity index (χ1) is 11.8. The van der Waals surface area contributed by atoms with Crippen molar-refractivity contribution >= 4 is 25.9 Å². The molecule has 0 aliphatic heterocycles. The monoisotopic (exact) mass is 382 g/mol. The molecule has 0 aliphatic rings. The third kappa shape index (κ3) is 9.24. The van der Waals surface area contributed by atoms with Crippen LogP contribution in [0.1, 0.15) is 53.4 Å². The fourth-order valence-electron chi connectivity index (χ4n) is 2.23. The van der Waals surface area contributed by atoms with E-state index in [1.807, 2.05) is 0 Å². The minimum absolute atomic E-state index is 0.0118. The van der Waals surface area contributed by atoms with E-state index in [9.17, 15) is 14.4 Å². The summed E-state index contributed by atoms with van der Waals surface area (Å²) in [5.74, 6) is -0.677. The van der Waals surface area contributed by atoms with Crippen molar-refractivity contribution in [3.05, 3.63) is 25.3 Å². The largest absolute Gasteiger partial charge is 0.458 e. The Bertz CT molecular complexity index is 531. The summed E-state index contributed by atoms with van der Waals surface area (Å²) >= 11 is 0. The van der Waals surface area contributed by atoms with Gasteiger partial charge in [-0.05, 0) is 25.1 Å². The van der Waals surface area contributed by atoms with Crippen molar-refractivity contribution in [3.63, 3.8) is 0 Å². The van der Waals surface area contributed by atoms with Crippen LogP contribution >= 0.6 is 0 Å². The first-order valence-corrected chi connectivity index (χ1v) is 11.9. The van der Waals surface area contributed by atoms with Gasteiger partial charge in [0.1, 0.15) is 17.7 Å². The van der Waals surface area contributed by atoms with E-state index in [0.29, 0.717) is 6.42 Å². The van der Waals surface area contributed by atoms with Crippen LogP contribution in [0.2, 0.25) is 18.1 Å². The average molecular weight is 383 g/mol. The number of carbonyl (C=O) groups excluding carboxylic acids is 3. The van der Waals surface area contributed by atoms with Crippen molar-refractivity contribution in [3.8, 4) is 0 Å². The molecule has 0 saturated carbocycles. The molecule has 0 heterocycles. The normalized spacial score (nSPS) is 14.2. The Hall–Kier alpha value is -1.53. The van der Waals surface area contributed by atoms with Crippen molar-refractivity contribution in [2.45, 2.75) is 83.7 Å². The van der Waals surface area contributed by atoms with E-state index < -0.39 is 26.5 Å². The van der Waals surface area contributed by atoms with Crippen LogP contribution in [0.25, 0.3) is 0 Å². The molecule has 0 aromatic heterocycles. The number of rotatable bonds is 12. The summed E-state index contributed by atoms with van der Waals surface area (Å²) in [5.41, 5.74) is 0. The van der Waals surface area contributed by atoms with E-state index in [-0.39, 0.29) is 35.9 Å². The van der Waals surface area contributed by atoms with Gasteiger partial charge in [0.25, 0.3) is 0 Å². The van der Waals surface area contributed by atoms with Crippen LogP contribution < -0.4 is 0 Å². The van der Waals surface area contributed by atoms with E-state index in [2.05, 4.69) is 47.0 Å². The van der Waals surface area contributed by atoms with Gasteiger partial charge in [-0.3, -0.25) is 9.59 Å². The van der Waals surface area contributed by atoms with Gasteiger partial charge in [0, 0.05) is 31.8 Å². The molecule has 0 saturated heterocycles. The van der Waals surface area contributed by atoms with Gasteiger partial charge in [0.15, 0.2) is 8.32 Å². The molecule has 0 aliphatic carbocycles. The highest BCUT2D eigenvalue weighted by molar-refractivity contribution is 6.74. The maximum Gasteiger partial charge on any atom is 0.330 e. The van der Waals surface area contributed by atoms with Crippen molar-refractivity contribution in [1.82, 2.24) is 0 Å². The molecule has 0 aromatic carbocycles. The maximum absolute atomic E-state index is 12.5. The van der Waals surface area contributed by atoms with Crippen LogP contribution in [0.3, 0.4) is 0 Å². The van der Waals surface area contributed by atoms with Gasteiger partial charge in [-0.25, -0.2) is 4.79 Å². The molecule has 0 amide bonds. The van der Waals surface area contributed by atoms with Gasteiger partial charge in [-0.15, -0.1) is 6.58 Å². The molecular formula is C20H34O5Si. The predicted molar refractivity (Wildman–Crippen MR) is 107 cm³/mol. The van der Waals surface area contributed by atoms with E-state index >= 15 is 0 Å². The summed E-state index contributed by atoms with van der Waals surface area (Å²) in [6, 6.07) is 0. The molecule has 0 fully saturated rings. The highest BCUT2D eigenvalue weighted by Gasteiger charge is 2.39. The van der Waals surface area contributed by atoms with E-state index in [4.69, 9.17) is 9.16 Å². The van der Waals surface area contributed by atoms with Crippen molar-refractivity contribution < 1.29 is 23.5 Å². The topological polar surface area (TPSA) is 69.7 Å². The molecule has 26 heavy (non-hydrogen) atoms. The zero-order chi connectivity index (χ0) is 20.5. The van der Waals surface area contributed by atoms with Crippen LogP contribution in [0.5, 0.6) is 0 Å². The summed E-state index contributed by atoms with van der Waals surface area (Å²) in [5, 5.41) is -0.0179. The lowest BCUT2D eigenvalue weighted by atomic mass is 10.0. The van der Waals surface area contributed by atoms with Crippen molar-refractivity contribution in [2.24, 2.45) is 0 Å². The first kappa shape index (κ1) is 24.5. The summed E-state index contributed by atoms with van der Waals surface area (Å²) in [7, 11) is -2.11. The fourth-order valence-corrected chi connectivity index (χ4v) is 3.59. The molecule has 0 spiro atoms. The second kappa shape index (κ2) is 10.6. The number of esters is 1. The zero-order valence-electron chi connectivity index (χ0n) is 17.1. The van der Waals surface area contributed by atoms with Crippen molar-refractivity contribution in [1.29, 1.82) is 0 Å². The minimum Gasteiger partial charge on any atom is -0.458 e. The van der Waals surface area contributed by atoms with Crippen LogP contribution in [-0.4, -0.2) is 38.1 Å². The summed E-state index contributed by atoms with van der Waals surface area (Å²) < 4.78 is 11.5. The number of carbonyl (C=O) groups is 3. The Morgan fingerprint density at radius 3 is 2.00 bits per heavy atom. The molecule has 0 N–H and O–H groups in total. The number of ketones is 2. The quantitative estimate of drug-likeness (QED) is 0.217. The predicted octanol–water partition coefficient (Wildman–Crippen LogP) is 4.38. The summed E-state index contributed by atoms with van der Waals surface area (Å²) in [6.07, 6.45) is 2.44. The zero-order valence-corrected chi connectivity index (χ0v) is 18.1.